The van der Waals surface area contributed by atoms with Crippen molar-refractivity contribution in [3.63, 3.8) is 0 Å². The molecule has 0 aromatic carbocycles. The predicted octanol–water partition coefficient (Wildman–Crippen LogP) is 5.34. The van der Waals surface area contributed by atoms with Gasteiger partial charge in [0, 0.05) is 0 Å². The van der Waals surface area contributed by atoms with Gasteiger partial charge in [-0.1, -0.05) is 78.1 Å². The van der Waals surface area contributed by atoms with Gasteiger partial charge < -0.3 is 6.15 Å². The summed E-state index contributed by atoms with van der Waals surface area (Å²) in [6.07, 6.45) is 14.9. The Labute approximate surface area is 96.6 Å². The topological polar surface area (TPSA) is 35.0 Å². The highest BCUT2D eigenvalue weighted by Crippen LogP contribution is 2.30. The van der Waals surface area contributed by atoms with Gasteiger partial charge in [0.25, 0.3) is 0 Å². The van der Waals surface area contributed by atoms with Crippen molar-refractivity contribution in [3.8, 4) is 0 Å². The normalized spacial score (nSPS) is 19.6. The fraction of sp³-hybridized carbons (Fsp3) is 1.00. The van der Waals surface area contributed by atoms with E-state index in [4.69, 9.17) is 0 Å². The first-order valence-corrected chi connectivity index (χ1v) is 6.86. The molecule has 1 aliphatic rings. The van der Waals surface area contributed by atoms with E-state index in [1.54, 1.807) is 0 Å². The largest absolute Gasteiger partial charge is 0.344 e. The van der Waals surface area contributed by atoms with Crippen molar-refractivity contribution in [2.24, 2.45) is 11.8 Å². The molecule has 0 aromatic rings. The zero-order chi connectivity index (χ0) is 10.2. The lowest BCUT2D eigenvalue weighted by atomic mass is 9.83. The Bertz CT molecular complexity index is 123. The molecule has 0 spiro atoms. The van der Waals surface area contributed by atoms with Gasteiger partial charge in [-0.05, 0) is 11.8 Å². The number of hydrogen-bond donors (Lipinski definition) is 1. The minimum absolute atomic E-state index is 0. The second-order valence-electron chi connectivity index (χ2n) is 5.14. The van der Waals surface area contributed by atoms with Gasteiger partial charge in [-0.25, -0.2) is 0 Å². The second-order valence-corrected chi connectivity index (χ2v) is 5.14. The van der Waals surface area contributed by atoms with Crippen LogP contribution in [0.25, 0.3) is 0 Å². The summed E-state index contributed by atoms with van der Waals surface area (Å²) in [4.78, 5) is 0. The zero-order valence-corrected chi connectivity index (χ0v) is 10.9. The highest BCUT2D eigenvalue weighted by atomic mass is 14.2. The van der Waals surface area contributed by atoms with Crippen LogP contribution in [0.5, 0.6) is 0 Å². The van der Waals surface area contributed by atoms with E-state index >= 15 is 0 Å². The summed E-state index contributed by atoms with van der Waals surface area (Å²) in [5, 5.41) is 0. The Kier molecular flexibility index (Phi) is 9.18. The standard InChI is InChI=1S/C14H28.H3N/c1-3-8-13(4-2)11-12-14-9-6-5-7-10-14;/h13-14H,3-12H2,1-2H3;1H3. The smallest absolute Gasteiger partial charge is 0.0414 e. The van der Waals surface area contributed by atoms with E-state index in [1.165, 1.54) is 64.2 Å². The van der Waals surface area contributed by atoms with Crippen LogP contribution < -0.4 is 6.15 Å². The maximum atomic E-state index is 2.36. The Morgan fingerprint density at radius 2 is 1.67 bits per heavy atom. The van der Waals surface area contributed by atoms with Gasteiger partial charge in [-0.3, -0.25) is 0 Å². The average molecular weight is 213 g/mol. The molecular weight excluding hydrogens is 182 g/mol. The Hall–Kier alpha value is -0.0400. The van der Waals surface area contributed by atoms with Crippen molar-refractivity contribution in [3.05, 3.63) is 0 Å². The SMILES string of the molecule is CCCC(CC)CCC1CCCCC1.N. The summed E-state index contributed by atoms with van der Waals surface area (Å²) in [5.74, 6) is 2.12. The van der Waals surface area contributed by atoms with E-state index in [9.17, 15) is 0 Å². The molecule has 0 heterocycles. The number of rotatable bonds is 6. The molecule has 1 unspecified atom stereocenters. The maximum Gasteiger partial charge on any atom is -0.0414 e. The van der Waals surface area contributed by atoms with Gasteiger partial charge in [-0.2, -0.15) is 0 Å². The summed E-state index contributed by atoms with van der Waals surface area (Å²) in [7, 11) is 0. The first-order chi connectivity index (χ1) is 6.86. The molecule has 1 fully saturated rings. The molecule has 0 aromatic heterocycles. The molecule has 0 saturated heterocycles. The fourth-order valence-corrected chi connectivity index (χ4v) is 2.91. The van der Waals surface area contributed by atoms with Crippen LogP contribution in [0, 0.1) is 11.8 Å². The van der Waals surface area contributed by atoms with Crippen LogP contribution in [0.4, 0.5) is 0 Å². The molecule has 1 nitrogen and oxygen atoms in total. The van der Waals surface area contributed by atoms with E-state index in [2.05, 4.69) is 13.8 Å². The predicted molar refractivity (Wildman–Crippen MR) is 69.5 cm³/mol. The second kappa shape index (κ2) is 9.21. The Morgan fingerprint density at radius 1 is 1.00 bits per heavy atom. The van der Waals surface area contributed by atoms with Crippen molar-refractivity contribution in [2.45, 2.75) is 78.1 Å². The molecule has 3 N–H and O–H groups in total. The summed E-state index contributed by atoms with van der Waals surface area (Å²) in [6, 6.07) is 0. The summed E-state index contributed by atoms with van der Waals surface area (Å²) < 4.78 is 0. The molecule has 1 aliphatic carbocycles. The summed E-state index contributed by atoms with van der Waals surface area (Å²) >= 11 is 0. The van der Waals surface area contributed by atoms with Gasteiger partial charge in [0.15, 0.2) is 0 Å². The van der Waals surface area contributed by atoms with Crippen LogP contribution in [-0.4, -0.2) is 0 Å². The average Bonchev–Trinajstić information content (AvgIpc) is 2.25. The highest BCUT2D eigenvalue weighted by Gasteiger charge is 2.14. The van der Waals surface area contributed by atoms with Crippen LogP contribution in [0.3, 0.4) is 0 Å². The van der Waals surface area contributed by atoms with Crippen LogP contribution in [0.2, 0.25) is 0 Å². The Morgan fingerprint density at radius 3 is 2.20 bits per heavy atom. The molecule has 0 radical (unpaired) electrons. The maximum absolute atomic E-state index is 2.36. The molecular formula is C14H31N. The van der Waals surface area contributed by atoms with Gasteiger partial charge in [0.05, 0.1) is 0 Å². The summed E-state index contributed by atoms with van der Waals surface area (Å²) in [5.41, 5.74) is 0. The molecule has 92 valence electrons. The number of hydrogen-bond acceptors (Lipinski definition) is 1. The quantitative estimate of drug-likeness (QED) is 0.635. The van der Waals surface area contributed by atoms with Gasteiger partial charge in [0.2, 0.25) is 0 Å². The van der Waals surface area contributed by atoms with E-state index in [0.29, 0.717) is 0 Å². The van der Waals surface area contributed by atoms with Crippen molar-refractivity contribution >= 4 is 0 Å². The van der Waals surface area contributed by atoms with Gasteiger partial charge >= 0.3 is 0 Å². The molecule has 15 heavy (non-hydrogen) atoms. The minimum atomic E-state index is 0. The molecule has 1 saturated carbocycles. The molecule has 1 rings (SSSR count). The third kappa shape index (κ3) is 6.19. The molecule has 1 heteroatoms. The lowest BCUT2D eigenvalue weighted by Gasteiger charge is -2.23. The fourth-order valence-electron chi connectivity index (χ4n) is 2.91. The van der Waals surface area contributed by atoms with E-state index in [-0.39, 0.29) is 6.15 Å². The molecule has 1 atom stereocenters. The third-order valence-electron chi connectivity index (χ3n) is 3.98. The van der Waals surface area contributed by atoms with Crippen molar-refractivity contribution in [1.29, 1.82) is 0 Å². The lowest BCUT2D eigenvalue weighted by Crippen LogP contribution is -2.08. The summed E-state index contributed by atoms with van der Waals surface area (Å²) in [6.45, 7) is 4.68. The van der Waals surface area contributed by atoms with E-state index < -0.39 is 0 Å². The van der Waals surface area contributed by atoms with Crippen LogP contribution >= 0.6 is 0 Å². The third-order valence-corrected chi connectivity index (χ3v) is 3.98. The first kappa shape index (κ1) is 15.0. The van der Waals surface area contributed by atoms with E-state index in [1.807, 2.05) is 0 Å². The zero-order valence-electron chi connectivity index (χ0n) is 10.9. The minimum Gasteiger partial charge on any atom is -0.344 e. The van der Waals surface area contributed by atoms with Crippen LogP contribution in [-0.2, 0) is 0 Å². The van der Waals surface area contributed by atoms with Crippen molar-refractivity contribution < 1.29 is 0 Å². The van der Waals surface area contributed by atoms with Crippen molar-refractivity contribution in [1.82, 2.24) is 6.15 Å². The van der Waals surface area contributed by atoms with Gasteiger partial charge in [-0.15, -0.1) is 0 Å². The highest BCUT2D eigenvalue weighted by molar-refractivity contribution is 4.68. The monoisotopic (exact) mass is 213 g/mol. The first-order valence-electron chi connectivity index (χ1n) is 6.86. The molecule has 0 amide bonds. The molecule has 0 aliphatic heterocycles. The van der Waals surface area contributed by atoms with Crippen molar-refractivity contribution in [2.75, 3.05) is 0 Å². The Balaban J connectivity index is 0.00000196. The molecule has 0 bridgehead atoms. The lowest BCUT2D eigenvalue weighted by molar-refractivity contribution is 0.298. The van der Waals surface area contributed by atoms with E-state index in [0.717, 1.165) is 11.8 Å². The van der Waals surface area contributed by atoms with Crippen LogP contribution in [0.1, 0.15) is 78.1 Å². The van der Waals surface area contributed by atoms with Crippen LogP contribution in [0.15, 0.2) is 0 Å². The van der Waals surface area contributed by atoms with Gasteiger partial charge in [0.1, 0.15) is 0 Å².